The molecule has 2 aromatic carbocycles. The molecule has 2 heteroatoms. The van der Waals surface area contributed by atoms with Crippen LogP contribution in [-0.2, 0) is 4.79 Å². The van der Waals surface area contributed by atoms with Crippen LogP contribution in [0, 0.1) is 5.92 Å². The Kier molecular flexibility index (Phi) is 3.78. The second-order valence-electron chi connectivity index (χ2n) is 4.66. The van der Waals surface area contributed by atoms with Crippen molar-refractivity contribution < 1.29 is 9.90 Å². The lowest BCUT2D eigenvalue weighted by molar-refractivity contribution is -0.125. The molecule has 0 aliphatic heterocycles. The lowest BCUT2D eigenvalue weighted by Gasteiger charge is -2.18. The summed E-state index contributed by atoms with van der Waals surface area (Å²) in [4.78, 5) is 11.6. The number of carbonyl (C=O) groups is 1. The molecule has 0 fully saturated rings. The Hall–Kier alpha value is -1.67. The van der Waals surface area contributed by atoms with Gasteiger partial charge in [-0.25, -0.2) is 0 Å². The van der Waals surface area contributed by atoms with Crippen LogP contribution < -0.4 is 0 Å². The number of hydrogen-bond donors (Lipinski definition) is 1. The lowest BCUT2D eigenvalue weighted by Crippen LogP contribution is -2.18. The quantitative estimate of drug-likeness (QED) is 0.891. The number of rotatable bonds is 4. The third-order valence-electron chi connectivity index (χ3n) is 3.44. The van der Waals surface area contributed by atoms with Gasteiger partial charge >= 0.3 is 0 Å². The summed E-state index contributed by atoms with van der Waals surface area (Å²) in [6.45, 7) is 3.61. The van der Waals surface area contributed by atoms with Gasteiger partial charge in [0.15, 0.2) is 0 Å². The highest BCUT2D eigenvalue weighted by atomic mass is 16.3. The van der Waals surface area contributed by atoms with Crippen molar-refractivity contribution in [2.45, 2.75) is 26.4 Å². The van der Waals surface area contributed by atoms with Crippen molar-refractivity contribution in [2.24, 2.45) is 5.92 Å². The van der Waals surface area contributed by atoms with Crippen molar-refractivity contribution in [3.8, 4) is 0 Å². The normalized spacial score (nSPS) is 14.4. The van der Waals surface area contributed by atoms with Gasteiger partial charge < -0.3 is 5.11 Å². The van der Waals surface area contributed by atoms with E-state index in [1.807, 2.05) is 49.4 Å². The minimum atomic E-state index is -0.720. The minimum Gasteiger partial charge on any atom is -0.388 e. The third-order valence-corrected chi connectivity index (χ3v) is 3.44. The number of aliphatic hydroxyl groups excluding tert-OH is 1. The van der Waals surface area contributed by atoms with Crippen LogP contribution in [0.15, 0.2) is 42.5 Å². The summed E-state index contributed by atoms with van der Waals surface area (Å²) < 4.78 is 0. The van der Waals surface area contributed by atoms with Crippen LogP contribution in [0.5, 0.6) is 0 Å². The topological polar surface area (TPSA) is 37.3 Å². The number of Topliss-reactive ketones (excluding diaryl/α,β-unsaturated/α-hetero) is 1. The average Bonchev–Trinajstić information content (AvgIpc) is 2.44. The van der Waals surface area contributed by atoms with Crippen molar-refractivity contribution in [2.75, 3.05) is 0 Å². The maximum Gasteiger partial charge on any atom is 0.138 e. The van der Waals surface area contributed by atoms with Crippen LogP contribution in [0.25, 0.3) is 10.8 Å². The molecule has 0 bridgehead atoms. The zero-order chi connectivity index (χ0) is 13.1. The predicted octanol–water partition coefficient (Wildman–Crippen LogP) is 3.49. The van der Waals surface area contributed by atoms with Crippen molar-refractivity contribution >= 4 is 16.6 Å². The summed E-state index contributed by atoms with van der Waals surface area (Å²) in [5, 5.41) is 12.5. The molecular weight excluding hydrogens is 224 g/mol. The number of aliphatic hydroxyl groups is 1. The molecule has 2 rings (SSSR count). The van der Waals surface area contributed by atoms with Crippen molar-refractivity contribution in [3.05, 3.63) is 48.0 Å². The van der Waals surface area contributed by atoms with Crippen molar-refractivity contribution in [1.29, 1.82) is 0 Å². The molecule has 2 nitrogen and oxygen atoms in total. The molecule has 0 radical (unpaired) electrons. The summed E-state index contributed by atoms with van der Waals surface area (Å²) in [7, 11) is 0. The highest BCUT2D eigenvalue weighted by Crippen LogP contribution is 2.26. The van der Waals surface area contributed by atoms with E-state index in [9.17, 15) is 9.90 Å². The molecule has 0 heterocycles. The monoisotopic (exact) mass is 242 g/mol. The van der Waals surface area contributed by atoms with Crippen molar-refractivity contribution in [3.63, 3.8) is 0 Å². The van der Waals surface area contributed by atoms with Crippen LogP contribution in [0.2, 0.25) is 0 Å². The van der Waals surface area contributed by atoms with Gasteiger partial charge in [0.2, 0.25) is 0 Å². The van der Waals surface area contributed by atoms with Crippen molar-refractivity contribution in [1.82, 2.24) is 0 Å². The SMILES string of the molecule is CCC(=O)[C@@H](C)[C@@H](O)c1ccc2ccccc2c1. The Morgan fingerprint density at radius 1 is 1.17 bits per heavy atom. The molecule has 0 unspecified atom stereocenters. The molecule has 0 aliphatic rings. The smallest absolute Gasteiger partial charge is 0.138 e. The van der Waals surface area contributed by atoms with Crippen LogP contribution >= 0.6 is 0 Å². The lowest BCUT2D eigenvalue weighted by atomic mass is 9.91. The van der Waals surface area contributed by atoms with Gasteiger partial charge in [0.25, 0.3) is 0 Å². The number of benzene rings is 2. The highest BCUT2D eigenvalue weighted by Gasteiger charge is 2.21. The van der Waals surface area contributed by atoms with E-state index < -0.39 is 6.10 Å². The first-order chi connectivity index (χ1) is 8.63. The Morgan fingerprint density at radius 3 is 2.50 bits per heavy atom. The summed E-state index contributed by atoms with van der Waals surface area (Å²) in [5.41, 5.74) is 0.808. The van der Waals surface area contributed by atoms with Gasteiger partial charge in [0.05, 0.1) is 6.10 Å². The van der Waals surface area contributed by atoms with E-state index in [1.165, 1.54) is 0 Å². The first-order valence-corrected chi connectivity index (χ1v) is 6.33. The van der Waals surface area contributed by atoms with E-state index in [1.54, 1.807) is 6.92 Å². The van der Waals surface area contributed by atoms with Crippen LogP contribution in [0.4, 0.5) is 0 Å². The van der Waals surface area contributed by atoms with Gasteiger partial charge in [-0.05, 0) is 22.4 Å². The third kappa shape index (κ3) is 2.44. The molecule has 0 saturated heterocycles. The Labute approximate surface area is 107 Å². The minimum absolute atomic E-state index is 0.0932. The summed E-state index contributed by atoms with van der Waals surface area (Å²) >= 11 is 0. The van der Waals surface area contributed by atoms with Gasteiger partial charge in [-0.2, -0.15) is 0 Å². The number of ketones is 1. The average molecular weight is 242 g/mol. The molecule has 2 atom stereocenters. The standard InChI is InChI=1S/C16H18O2/c1-3-15(17)11(2)16(18)14-9-8-12-6-4-5-7-13(12)10-14/h4-11,16,18H,3H2,1-2H3/t11-,16-/m1/s1. The van der Waals surface area contributed by atoms with E-state index >= 15 is 0 Å². The molecule has 0 amide bonds. The van der Waals surface area contributed by atoms with E-state index in [0.29, 0.717) is 6.42 Å². The molecule has 94 valence electrons. The van der Waals surface area contributed by atoms with Crippen LogP contribution in [0.1, 0.15) is 31.9 Å². The molecule has 0 saturated carbocycles. The highest BCUT2D eigenvalue weighted by molar-refractivity contribution is 5.84. The first-order valence-electron chi connectivity index (χ1n) is 6.33. The second-order valence-corrected chi connectivity index (χ2v) is 4.66. The molecule has 18 heavy (non-hydrogen) atoms. The zero-order valence-corrected chi connectivity index (χ0v) is 10.8. The van der Waals surface area contributed by atoms with Gasteiger partial charge in [-0.1, -0.05) is 50.2 Å². The summed E-state index contributed by atoms with van der Waals surface area (Å²) in [6.07, 6.45) is -0.256. The number of carbonyl (C=O) groups excluding carboxylic acids is 1. The molecule has 1 N–H and O–H groups in total. The fraction of sp³-hybridized carbons (Fsp3) is 0.312. The second kappa shape index (κ2) is 5.32. The van der Waals surface area contributed by atoms with Gasteiger partial charge in [-0.3, -0.25) is 4.79 Å². The van der Waals surface area contributed by atoms with Crippen LogP contribution in [-0.4, -0.2) is 10.9 Å². The zero-order valence-electron chi connectivity index (χ0n) is 10.8. The van der Waals surface area contributed by atoms with Gasteiger partial charge in [-0.15, -0.1) is 0 Å². The Morgan fingerprint density at radius 2 is 1.83 bits per heavy atom. The maximum atomic E-state index is 11.6. The summed E-state index contributed by atoms with van der Waals surface area (Å²) in [6, 6.07) is 13.8. The molecule has 2 aromatic rings. The molecule has 0 spiro atoms. The summed E-state index contributed by atoms with van der Waals surface area (Å²) in [5.74, 6) is -0.258. The number of hydrogen-bond acceptors (Lipinski definition) is 2. The molecular formula is C16H18O2. The van der Waals surface area contributed by atoms with Crippen LogP contribution in [0.3, 0.4) is 0 Å². The van der Waals surface area contributed by atoms with E-state index in [-0.39, 0.29) is 11.7 Å². The number of fused-ring (bicyclic) bond motifs is 1. The maximum absolute atomic E-state index is 11.6. The van der Waals surface area contributed by atoms with Gasteiger partial charge in [0.1, 0.15) is 5.78 Å². The largest absolute Gasteiger partial charge is 0.388 e. The predicted molar refractivity (Wildman–Crippen MR) is 73.4 cm³/mol. The van der Waals surface area contributed by atoms with E-state index in [0.717, 1.165) is 16.3 Å². The Bertz CT molecular complexity index is 560. The first kappa shape index (κ1) is 12.8. The molecule has 0 aromatic heterocycles. The van der Waals surface area contributed by atoms with E-state index in [2.05, 4.69) is 0 Å². The Balaban J connectivity index is 2.33. The van der Waals surface area contributed by atoms with Gasteiger partial charge in [0, 0.05) is 12.3 Å². The molecule has 0 aliphatic carbocycles. The van der Waals surface area contributed by atoms with E-state index in [4.69, 9.17) is 0 Å². The fourth-order valence-corrected chi connectivity index (χ4v) is 2.18. The fourth-order valence-electron chi connectivity index (χ4n) is 2.18.